The number of ether oxygens (including phenoxy) is 1. The summed E-state index contributed by atoms with van der Waals surface area (Å²) in [5.74, 6) is -0.177. The number of nitrogens with zero attached hydrogens (tertiary/aromatic N) is 3. The molecule has 4 rings (SSSR count). The lowest BCUT2D eigenvalue weighted by atomic mass is 9.95. The van der Waals surface area contributed by atoms with E-state index >= 15 is 4.39 Å². The normalized spacial score (nSPS) is 15.2. The van der Waals surface area contributed by atoms with Gasteiger partial charge in [-0.15, -0.1) is 5.10 Å². The molecule has 0 saturated heterocycles. The SMILES string of the molecule is CCCOC(=O)C1=C(C)Nc2nc(SCc3ccccc3Cl)nn2C1c1c(F)cccc1Cl. The number of thioether (sulfide) groups is 1. The number of nitrogens with one attached hydrogen (secondary N) is 1. The van der Waals surface area contributed by atoms with Crippen LogP contribution in [0.25, 0.3) is 0 Å². The molecule has 0 bridgehead atoms. The summed E-state index contributed by atoms with van der Waals surface area (Å²) in [6.45, 7) is 3.87. The van der Waals surface area contributed by atoms with Crippen molar-refractivity contribution in [2.75, 3.05) is 11.9 Å². The van der Waals surface area contributed by atoms with Crippen molar-refractivity contribution in [3.05, 3.63) is 80.7 Å². The van der Waals surface area contributed by atoms with Crippen LogP contribution in [0.4, 0.5) is 10.3 Å². The number of esters is 1. The minimum Gasteiger partial charge on any atom is -0.462 e. The minimum absolute atomic E-state index is 0.136. The Morgan fingerprint density at radius 2 is 1.97 bits per heavy atom. The van der Waals surface area contributed by atoms with Crippen molar-refractivity contribution < 1.29 is 13.9 Å². The first kappa shape index (κ1) is 23.6. The molecule has 6 nitrogen and oxygen atoms in total. The summed E-state index contributed by atoms with van der Waals surface area (Å²) in [6, 6.07) is 11.0. The van der Waals surface area contributed by atoms with Crippen LogP contribution in [0.2, 0.25) is 10.0 Å². The van der Waals surface area contributed by atoms with Crippen LogP contribution in [0.1, 0.15) is 37.4 Å². The maximum Gasteiger partial charge on any atom is 0.338 e. The molecule has 3 aromatic rings. The molecule has 2 heterocycles. The number of carbonyl (C=O) groups excluding carboxylic acids is 1. The molecule has 0 fully saturated rings. The number of allylic oxidation sites excluding steroid dienone is 1. The fourth-order valence-electron chi connectivity index (χ4n) is 3.53. The Kier molecular flexibility index (Phi) is 7.26. The number of hydrogen-bond acceptors (Lipinski definition) is 6. The van der Waals surface area contributed by atoms with Gasteiger partial charge in [-0.05, 0) is 37.1 Å². The van der Waals surface area contributed by atoms with E-state index in [1.807, 2.05) is 31.2 Å². The van der Waals surface area contributed by atoms with E-state index in [4.69, 9.17) is 27.9 Å². The molecule has 33 heavy (non-hydrogen) atoms. The number of halogens is 3. The molecule has 0 aliphatic carbocycles. The molecule has 1 unspecified atom stereocenters. The second-order valence-electron chi connectivity index (χ2n) is 7.38. The summed E-state index contributed by atoms with van der Waals surface area (Å²) in [6.07, 6.45) is 0.661. The summed E-state index contributed by atoms with van der Waals surface area (Å²) in [7, 11) is 0. The van der Waals surface area contributed by atoms with Gasteiger partial charge in [0.1, 0.15) is 11.9 Å². The van der Waals surface area contributed by atoms with E-state index in [1.54, 1.807) is 13.0 Å². The van der Waals surface area contributed by atoms with Crippen LogP contribution in [0.15, 0.2) is 58.9 Å². The minimum atomic E-state index is -0.929. The third-order valence-electron chi connectivity index (χ3n) is 5.08. The van der Waals surface area contributed by atoms with Crippen LogP contribution >= 0.6 is 35.0 Å². The lowest BCUT2D eigenvalue weighted by Gasteiger charge is -2.28. The van der Waals surface area contributed by atoms with Crippen LogP contribution in [-0.4, -0.2) is 27.3 Å². The predicted molar refractivity (Wildman–Crippen MR) is 128 cm³/mol. The second-order valence-corrected chi connectivity index (χ2v) is 9.14. The number of aromatic nitrogens is 3. The van der Waals surface area contributed by atoms with Crippen molar-refractivity contribution in [2.45, 2.75) is 37.2 Å². The molecule has 0 amide bonds. The summed E-state index contributed by atoms with van der Waals surface area (Å²) in [5.41, 5.74) is 1.81. The van der Waals surface area contributed by atoms with Gasteiger partial charge in [0.15, 0.2) is 0 Å². The maximum absolute atomic E-state index is 15.0. The number of anilines is 1. The van der Waals surface area contributed by atoms with Crippen LogP contribution in [0, 0.1) is 5.82 Å². The van der Waals surface area contributed by atoms with E-state index in [0.717, 1.165) is 5.56 Å². The highest BCUT2D eigenvalue weighted by Gasteiger charge is 2.37. The fourth-order valence-corrected chi connectivity index (χ4v) is 4.91. The lowest BCUT2D eigenvalue weighted by molar-refractivity contribution is -0.139. The number of rotatable bonds is 7. The van der Waals surface area contributed by atoms with E-state index in [9.17, 15) is 4.79 Å². The lowest BCUT2D eigenvalue weighted by Crippen LogP contribution is -2.30. The highest BCUT2D eigenvalue weighted by molar-refractivity contribution is 7.98. The van der Waals surface area contributed by atoms with E-state index in [0.29, 0.717) is 34.0 Å². The summed E-state index contributed by atoms with van der Waals surface area (Å²) in [4.78, 5) is 17.5. The zero-order chi connectivity index (χ0) is 23.5. The van der Waals surface area contributed by atoms with Gasteiger partial charge in [-0.2, -0.15) is 4.98 Å². The van der Waals surface area contributed by atoms with Gasteiger partial charge < -0.3 is 10.1 Å². The van der Waals surface area contributed by atoms with Crippen molar-refractivity contribution in [1.29, 1.82) is 0 Å². The quantitative estimate of drug-likeness (QED) is 0.301. The highest BCUT2D eigenvalue weighted by atomic mass is 35.5. The Balaban J connectivity index is 1.74. The number of hydrogen-bond donors (Lipinski definition) is 1. The molecule has 0 spiro atoms. The zero-order valence-corrected chi connectivity index (χ0v) is 20.3. The average molecular weight is 507 g/mol. The molecule has 1 atom stereocenters. The van der Waals surface area contributed by atoms with Crippen LogP contribution < -0.4 is 5.32 Å². The average Bonchev–Trinajstić information content (AvgIpc) is 3.19. The van der Waals surface area contributed by atoms with Gasteiger partial charge in [-0.3, -0.25) is 0 Å². The van der Waals surface area contributed by atoms with Crippen molar-refractivity contribution >= 4 is 46.9 Å². The molecule has 1 aromatic heterocycles. The summed E-state index contributed by atoms with van der Waals surface area (Å²) in [5, 5.41) is 8.96. The molecule has 1 aliphatic rings. The largest absolute Gasteiger partial charge is 0.462 e. The highest BCUT2D eigenvalue weighted by Crippen LogP contribution is 2.40. The summed E-state index contributed by atoms with van der Waals surface area (Å²) < 4.78 is 21.9. The fraction of sp³-hybridized carbons (Fsp3) is 0.261. The van der Waals surface area contributed by atoms with Gasteiger partial charge in [0.05, 0.1) is 12.2 Å². The monoisotopic (exact) mass is 506 g/mol. The Morgan fingerprint density at radius 3 is 2.70 bits per heavy atom. The van der Waals surface area contributed by atoms with Crippen LogP contribution in [0.5, 0.6) is 0 Å². The molecule has 2 aromatic carbocycles. The van der Waals surface area contributed by atoms with Gasteiger partial charge in [0.25, 0.3) is 0 Å². The smallest absolute Gasteiger partial charge is 0.338 e. The Bertz CT molecular complexity index is 1210. The Labute approximate surface area is 205 Å². The van der Waals surface area contributed by atoms with E-state index < -0.39 is 17.8 Å². The van der Waals surface area contributed by atoms with Gasteiger partial charge in [-0.25, -0.2) is 13.9 Å². The Hall–Kier alpha value is -2.55. The molecular formula is C23H21Cl2FN4O2S. The van der Waals surface area contributed by atoms with Crippen molar-refractivity contribution in [3.63, 3.8) is 0 Å². The molecule has 0 radical (unpaired) electrons. The maximum atomic E-state index is 15.0. The van der Waals surface area contributed by atoms with Crippen molar-refractivity contribution in [1.82, 2.24) is 14.8 Å². The topological polar surface area (TPSA) is 69.0 Å². The third-order valence-corrected chi connectivity index (χ3v) is 6.66. The molecular weight excluding hydrogens is 486 g/mol. The standard InChI is InChI=1S/C23H21Cl2FN4O2S/c1-3-11-32-21(31)18-13(2)27-22-28-23(33-12-14-7-4-5-8-15(14)24)29-30(22)20(18)19-16(25)9-6-10-17(19)26/h4-10,20H,3,11-12H2,1-2H3,(H,27,28,29). The number of fused-ring (bicyclic) bond motifs is 1. The van der Waals surface area contributed by atoms with E-state index in [-0.39, 0.29) is 22.8 Å². The van der Waals surface area contributed by atoms with Crippen LogP contribution in [-0.2, 0) is 15.3 Å². The predicted octanol–water partition coefficient (Wildman–Crippen LogP) is 6.26. The van der Waals surface area contributed by atoms with E-state index in [2.05, 4.69) is 15.4 Å². The van der Waals surface area contributed by atoms with Crippen LogP contribution in [0.3, 0.4) is 0 Å². The third kappa shape index (κ3) is 4.88. The van der Waals surface area contributed by atoms with E-state index in [1.165, 1.54) is 28.6 Å². The molecule has 1 N–H and O–H groups in total. The first-order valence-electron chi connectivity index (χ1n) is 10.3. The molecule has 0 saturated carbocycles. The van der Waals surface area contributed by atoms with Gasteiger partial charge in [0, 0.05) is 27.1 Å². The first-order chi connectivity index (χ1) is 15.9. The van der Waals surface area contributed by atoms with Crippen molar-refractivity contribution in [2.24, 2.45) is 0 Å². The molecule has 172 valence electrons. The second kappa shape index (κ2) is 10.2. The van der Waals surface area contributed by atoms with Crippen molar-refractivity contribution in [3.8, 4) is 0 Å². The zero-order valence-electron chi connectivity index (χ0n) is 17.9. The number of benzene rings is 2. The summed E-state index contributed by atoms with van der Waals surface area (Å²) >= 11 is 14.0. The molecule has 1 aliphatic heterocycles. The Morgan fingerprint density at radius 1 is 1.21 bits per heavy atom. The van der Waals surface area contributed by atoms with Gasteiger partial charge in [-0.1, -0.05) is 66.2 Å². The first-order valence-corrected chi connectivity index (χ1v) is 12.1. The number of carbonyl (C=O) groups is 1. The van der Waals surface area contributed by atoms with Gasteiger partial charge in [0.2, 0.25) is 11.1 Å². The molecule has 10 heteroatoms. The van der Waals surface area contributed by atoms with Gasteiger partial charge >= 0.3 is 5.97 Å².